The first-order valence-corrected chi connectivity index (χ1v) is 5.98. The van der Waals surface area contributed by atoms with Gasteiger partial charge in [0.2, 0.25) is 0 Å². The topological polar surface area (TPSA) is 15.3 Å². The van der Waals surface area contributed by atoms with Gasteiger partial charge in [-0.05, 0) is 37.6 Å². The van der Waals surface area contributed by atoms with Crippen LogP contribution in [0.5, 0.6) is 0 Å². The number of nitrogens with zero attached hydrogens (tertiary/aromatic N) is 1. The van der Waals surface area contributed by atoms with Gasteiger partial charge in [-0.3, -0.25) is 0 Å². The molecule has 2 heteroatoms. The summed E-state index contributed by atoms with van der Waals surface area (Å²) in [6.07, 6.45) is 4.39. The van der Waals surface area contributed by atoms with Crippen LogP contribution in [0.1, 0.15) is 18.4 Å². The maximum atomic E-state index is 3.88. The monoisotopic (exact) mass is 216 g/mol. The van der Waals surface area contributed by atoms with Crippen molar-refractivity contribution in [1.29, 1.82) is 0 Å². The molecule has 0 aromatic heterocycles. The molecule has 1 N–H and O–H groups in total. The molecule has 2 rings (SSSR count). The summed E-state index contributed by atoms with van der Waals surface area (Å²) in [5, 5.41) is 3.40. The van der Waals surface area contributed by atoms with Crippen LogP contribution in [-0.4, -0.2) is 26.2 Å². The van der Waals surface area contributed by atoms with E-state index in [1.165, 1.54) is 24.1 Å². The maximum Gasteiger partial charge on any atom is 0.0439 e. The Balaban J connectivity index is 2.18. The molecule has 1 saturated heterocycles. The first kappa shape index (κ1) is 11.2. The van der Waals surface area contributed by atoms with E-state index >= 15 is 0 Å². The van der Waals surface area contributed by atoms with E-state index < -0.39 is 0 Å². The fraction of sp³-hybridized carbons (Fsp3) is 0.429. The number of piperidine rings is 1. The Labute approximate surface area is 98.0 Å². The molecular weight excluding hydrogens is 196 g/mol. The van der Waals surface area contributed by atoms with Crippen LogP contribution in [-0.2, 0) is 0 Å². The molecule has 0 atom stereocenters. The molecule has 1 heterocycles. The normalized spacial score (nSPS) is 17.1. The van der Waals surface area contributed by atoms with Gasteiger partial charge in [0, 0.05) is 18.8 Å². The average Bonchev–Trinajstić information content (AvgIpc) is 2.39. The molecule has 0 saturated carbocycles. The molecule has 16 heavy (non-hydrogen) atoms. The van der Waals surface area contributed by atoms with E-state index in [0.717, 1.165) is 13.1 Å². The van der Waals surface area contributed by atoms with E-state index in [0.29, 0.717) is 6.04 Å². The number of para-hydroxylation sites is 1. The largest absolute Gasteiger partial charge is 0.371 e. The number of nitrogens with one attached hydrogen (secondary N) is 1. The Morgan fingerprint density at radius 3 is 2.69 bits per heavy atom. The molecular formula is C14H20N2. The van der Waals surface area contributed by atoms with E-state index in [9.17, 15) is 0 Å². The standard InChI is InChI=1S/C14H20N2/c1-3-12-6-4-5-7-14(12)16(2)13-8-10-15-11-9-13/h3-7,13,15H,1,8-11H2,2H3. The third kappa shape index (κ3) is 2.27. The van der Waals surface area contributed by atoms with E-state index in [1.807, 2.05) is 6.08 Å². The highest BCUT2D eigenvalue weighted by Gasteiger charge is 2.18. The second kappa shape index (κ2) is 5.17. The molecule has 2 nitrogen and oxygen atoms in total. The van der Waals surface area contributed by atoms with E-state index in [-0.39, 0.29) is 0 Å². The molecule has 0 aliphatic carbocycles. The molecule has 0 radical (unpaired) electrons. The molecule has 1 aliphatic rings. The van der Waals surface area contributed by atoms with Gasteiger partial charge in [0.15, 0.2) is 0 Å². The second-order valence-corrected chi connectivity index (χ2v) is 4.36. The fourth-order valence-corrected chi connectivity index (χ4v) is 2.37. The van der Waals surface area contributed by atoms with Crippen molar-refractivity contribution in [3.05, 3.63) is 36.4 Å². The first-order valence-electron chi connectivity index (χ1n) is 5.98. The van der Waals surface area contributed by atoms with Gasteiger partial charge in [-0.15, -0.1) is 0 Å². The third-order valence-electron chi connectivity index (χ3n) is 3.39. The lowest BCUT2D eigenvalue weighted by Crippen LogP contribution is -2.41. The van der Waals surface area contributed by atoms with Gasteiger partial charge < -0.3 is 10.2 Å². The van der Waals surface area contributed by atoms with Crippen molar-refractivity contribution in [2.45, 2.75) is 18.9 Å². The van der Waals surface area contributed by atoms with Crippen LogP contribution in [0, 0.1) is 0 Å². The SMILES string of the molecule is C=Cc1ccccc1N(C)C1CCNCC1. The summed E-state index contributed by atoms with van der Waals surface area (Å²) in [6, 6.07) is 9.12. The van der Waals surface area contributed by atoms with Crippen LogP contribution < -0.4 is 10.2 Å². The lowest BCUT2D eigenvalue weighted by Gasteiger charge is -2.34. The highest BCUT2D eigenvalue weighted by molar-refractivity contribution is 5.66. The molecule has 1 aliphatic heterocycles. The Morgan fingerprint density at radius 1 is 1.31 bits per heavy atom. The lowest BCUT2D eigenvalue weighted by atomic mass is 10.0. The van der Waals surface area contributed by atoms with E-state index in [1.54, 1.807) is 0 Å². The zero-order valence-corrected chi connectivity index (χ0v) is 9.95. The van der Waals surface area contributed by atoms with Gasteiger partial charge in [0.05, 0.1) is 0 Å². The van der Waals surface area contributed by atoms with Crippen molar-refractivity contribution >= 4 is 11.8 Å². The number of hydrogen-bond acceptors (Lipinski definition) is 2. The highest BCUT2D eigenvalue weighted by atomic mass is 15.1. The summed E-state index contributed by atoms with van der Waals surface area (Å²) in [4.78, 5) is 2.40. The minimum Gasteiger partial charge on any atom is -0.371 e. The predicted molar refractivity (Wildman–Crippen MR) is 70.8 cm³/mol. The Kier molecular flexibility index (Phi) is 3.62. The van der Waals surface area contributed by atoms with E-state index in [4.69, 9.17) is 0 Å². The van der Waals surface area contributed by atoms with Crippen LogP contribution in [0.4, 0.5) is 5.69 Å². The summed E-state index contributed by atoms with van der Waals surface area (Å²) < 4.78 is 0. The van der Waals surface area contributed by atoms with Crippen molar-refractivity contribution in [2.75, 3.05) is 25.0 Å². The molecule has 86 valence electrons. The van der Waals surface area contributed by atoms with Crippen molar-refractivity contribution in [2.24, 2.45) is 0 Å². The Morgan fingerprint density at radius 2 is 2.00 bits per heavy atom. The van der Waals surface area contributed by atoms with Crippen LogP contribution in [0.25, 0.3) is 6.08 Å². The molecule has 0 unspecified atom stereocenters. The van der Waals surface area contributed by atoms with Crippen molar-refractivity contribution in [3.63, 3.8) is 0 Å². The van der Waals surface area contributed by atoms with Gasteiger partial charge in [-0.25, -0.2) is 0 Å². The van der Waals surface area contributed by atoms with Gasteiger partial charge >= 0.3 is 0 Å². The van der Waals surface area contributed by atoms with Crippen molar-refractivity contribution < 1.29 is 0 Å². The minimum atomic E-state index is 0.655. The van der Waals surface area contributed by atoms with Crippen molar-refractivity contribution in [3.8, 4) is 0 Å². The average molecular weight is 216 g/mol. The molecule has 1 aromatic carbocycles. The number of rotatable bonds is 3. The van der Waals surface area contributed by atoms with Gasteiger partial charge in [0.1, 0.15) is 0 Å². The van der Waals surface area contributed by atoms with Crippen molar-refractivity contribution in [1.82, 2.24) is 5.32 Å². The smallest absolute Gasteiger partial charge is 0.0439 e. The molecule has 0 spiro atoms. The highest BCUT2D eigenvalue weighted by Crippen LogP contribution is 2.24. The number of anilines is 1. The summed E-state index contributed by atoms with van der Waals surface area (Å²) in [5.41, 5.74) is 2.52. The Bertz CT molecular complexity index is 354. The van der Waals surface area contributed by atoms with Crippen LogP contribution in [0.3, 0.4) is 0 Å². The zero-order valence-electron chi connectivity index (χ0n) is 9.95. The van der Waals surface area contributed by atoms with Crippen LogP contribution in [0.15, 0.2) is 30.8 Å². The summed E-state index contributed by atoms with van der Waals surface area (Å²) >= 11 is 0. The van der Waals surface area contributed by atoms with Crippen LogP contribution >= 0.6 is 0 Å². The predicted octanol–water partition coefficient (Wildman–Crippen LogP) is 2.52. The van der Waals surface area contributed by atoms with Gasteiger partial charge in [0.25, 0.3) is 0 Å². The molecule has 0 amide bonds. The first-order chi connectivity index (χ1) is 7.83. The third-order valence-corrected chi connectivity index (χ3v) is 3.39. The second-order valence-electron chi connectivity index (χ2n) is 4.36. The van der Waals surface area contributed by atoms with Crippen LogP contribution in [0.2, 0.25) is 0 Å². The van der Waals surface area contributed by atoms with Gasteiger partial charge in [-0.2, -0.15) is 0 Å². The van der Waals surface area contributed by atoms with Gasteiger partial charge in [-0.1, -0.05) is 30.9 Å². The molecule has 0 bridgehead atoms. The van der Waals surface area contributed by atoms with E-state index in [2.05, 4.69) is 48.1 Å². The number of benzene rings is 1. The summed E-state index contributed by atoms with van der Waals surface area (Å²) in [7, 11) is 2.19. The number of hydrogen-bond donors (Lipinski definition) is 1. The maximum absolute atomic E-state index is 3.88. The zero-order chi connectivity index (χ0) is 11.4. The molecule has 1 aromatic rings. The lowest BCUT2D eigenvalue weighted by molar-refractivity contribution is 0.443. The minimum absolute atomic E-state index is 0.655. The summed E-state index contributed by atoms with van der Waals surface area (Å²) in [6.45, 7) is 6.14. The fourth-order valence-electron chi connectivity index (χ4n) is 2.37. The quantitative estimate of drug-likeness (QED) is 0.835. The Hall–Kier alpha value is -1.28. The molecule has 1 fully saturated rings. The summed E-state index contributed by atoms with van der Waals surface area (Å²) in [5.74, 6) is 0.